The second kappa shape index (κ2) is 7.73. The SMILES string of the molecule is NC(=O)c1cc(F)c(N2CCC[C@H](NC(=O)C#CC3CC3)C2)c2c1Cc1ccccc1-2. The quantitative estimate of drug-likeness (QED) is 0.644. The Kier molecular flexibility index (Phi) is 4.90. The van der Waals surface area contributed by atoms with Gasteiger partial charge >= 0.3 is 0 Å². The molecule has 2 aliphatic carbocycles. The second-order valence-corrected chi connectivity index (χ2v) is 8.61. The Hall–Kier alpha value is -3.33. The number of rotatable bonds is 3. The summed E-state index contributed by atoms with van der Waals surface area (Å²) in [5.41, 5.74) is 9.84. The van der Waals surface area contributed by atoms with E-state index in [0.29, 0.717) is 31.1 Å². The molecule has 158 valence electrons. The number of anilines is 1. The molecule has 0 radical (unpaired) electrons. The monoisotopic (exact) mass is 417 g/mol. The van der Waals surface area contributed by atoms with Crippen LogP contribution in [0.1, 0.15) is 47.2 Å². The van der Waals surface area contributed by atoms with Gasteiger partial charge < -0.3 is 16.0 Å². The third kappa shape index (κ3) is 3.76. The fourth-order valence-corrected chi connectivity index (χ4v) is 4.71. The molecule has 5 nitrogen and oxygen atoms in total. The highest BCUT2D eigenvalue weighted by Crippen LogP contribution is 2.46. The van der Waals surface area contributed by atoms with Crippen molar-refractivity contribution < 1.29 is 14.0 Å². The fraction of sp³-hybridized carbons (Fsp3) is 0.360. The minimum absolute atomic E-state index is 0.0998. The number of fused-ring (bicyclic) bond motifs is 3. The van der Waals surface area contributed by atoms with Crippen LogP contribution in [-0.4, -0.2) is 30.9 Å². The minimum Gasteiger partial charge on any atom is -0.367 e. The summed E-state index contributed by atoms with van der Waals surface area (Å²) in [6, 6.07) is 9.00. The number of hydrogen-bond donors (Lipinski definition) is 2. The largest absolute Gasteiger partial charge is 0.367 e. The predicted octanol–water partition coefficient (Wildman–Crippen LogP) is 2.99. The number of amides is 2. The molecule has 1 saturated heterocycles. The van der Waals surface area contributed by atoms with Crippen LogP contribution < -0.4 is 16.0 Å². The maximum absolute atomic E-state index is 15.4. The summed E-state index contributed by atoms with van der Waals surface area (Å²) in [7, 11) is 0. The van der Waals surface area contributed by atoms with Crippen molar-refractivity contribution in [2.24, 2.45) is 11.7 Å². The van der Waals surface area contributed by atoms with Gasteiger partial charge in [-0.3, -0.25) is 9.59 Å². The molecule has 2 amide bonds. The summed E-state index contributed by atoms with van der Waals surface area (Å²) in [6.45, 7) is 1.18. The van der Waals surface area contributed by atoms with Gasteiger partial charge in [-0.2, -0.15) is 0 Å². The highest BCUT2D eigenvalue weighted by Gasteiger charge is 2.32. The lowest BCUT2D eigenvalue weighted by molar-refractivity contribution is -0.116. The molecular weight excluding hydrogens is 393 g/mol. The van der Waals surface area contributed by atoms with Crippen molar-refractivity contribution in [3.8, 4) is 23.0 Å². The average molecular weight is 417 g/mol. The molecule has 31 heavy (non-hydrogen) atoms. The van der Waals surface area contributed by atoms with Gasteiger partial charge in [-0.1, -0.05) is 30.2 Å². The first kappa shape index (κ1) is 19.6. The number of carbonyl (C=O) groups is 2. The zero-order valence-electron chi connectivity index (χ0n) is 17.2. The van der Waals surface area contributed by atoms with E-state index in [2.05, 4.69) is 17.2 Å². The van der Waals surface area contributed by atoms with E-state index in [-0.39, 0.29) is 17.5 Å². The van der Waals surface area contributed by atoms with Crippen LogP contribution in [-0.2, 0) is 11.2 Å². The number of halogens is 1. The van der Waals surface area contributed by atoms with E-state index in [9.17, 15) is 9.59 Å². The lowest BCUT2D eigenvalue weighted by Gasteiger charge is -2.36. The van der Waals surface area contributed by atoms with Crippen LogP contribution in [0, 0.1) is 23.6 Å². The van der Waals surface area contributed by atoms with E-state index >= 15 is 4.39 Å². The van der Waals surface area contributed by atoms with Gasteiger partial charge in [0.1, 0.15) is 5.82 Å². The third-order valence-corrected chi connectivity index (χ3v) is 6.32. The fourth-order valence-electron chi connectivity index (χ4n) is 4.71. The van der Waals surface area contributed by atoms with Crippen LogP contribution in [0.25, 0.3) is 11.1 Å². The summed E-state index contributed by atoms with van der Waals surface area (Å²) < 4.78 is 15.4. The number of hydrogen-bond acceptors (Lipinski definition) is 3. The van der Waals surface area contributed by atoms with Gasteiger partial charge in [-0.25, -0.2) is 4.39 Å². The summed E-state index contributed by atoms with van der Waals surface area (Å²) in [4.78, 5) is 26.2. The molecule has 3 N–H and O–H groups in total. The number of nitrogens with two attached hydrogens (primary N) is 1. The summed E-state index contributed by atoms with van der Waals surface area (Å²) in [5.74, 6) is 4.70. The molecule has 2 fully saturated rings. The van der Waals surface area contributed by atoms with E-state index in [0.717, 1.165) is 47.9 Å². The summed E-state index contributed by atoms with van der Waals surface area (Å²) in [5, 5.41) is 2.99. The standard InChI is InChI=1S/C25H24FN3O2/c26-21-13-20(25(27)31)19-12-16-4-1-2-6-18(16)23(19)24(21)29-11-3-5-17(14-29)28-22(30)10-9-15-7-8-15/h1-2,4,6,13,15,17H,3,5,7-8,11-12,14H2,(H2,27,31)(H,28,30)/t17-/m0/s1. The van der Waals surface area contributed by atoms with E-state index in [4.69, 9.17) is 5.73 Å². The molecule has 6 heteroatoms. The van der Waals surface area contributed by atoms with Gasteiger partial charge in [0.15, 0.2) is 0 Å². The van der Waals surface area contributed by atoms with Crippen molar-refractivity contribution in [3.05, 3.63) is 52.8 Å². The highest BCUT2D eigenvalue weighted by molar-refractivity contribution is 6.01. The van der Waals surface area contributed by atoms with Gasteiger partial charge in [0.2, 0.25) is 5.91 Å². The van der Waals surface area contributed by atoms with E-state index < -0.39 is 11.7 Å². The Balaban J connectivity index is 1.48. The van der Waals surface area contributed by atoms with Crippen molar-refractivity contribution in [1.82, 2.24) is 5.32 Å². The Labute approximate surface area is 180 Å². The maximum Gasteiger partial charge on any atom is 0.296 e. The van der Waals surface area contributed by atoms with Crippen LogP contribution in [0.15, 0.2) is 30.3 Å². The number of primary amides is 1. The Morgan fingerprint density at radius 1 is 1.19 bits per heavy atom. The number of carbonyl (C=O) groups excluding carboxylic acids is 2. The van der Waals surface area contributed by atoms with Crippen molar-refractivity contribution in [3.63, 3.8) is 0 Å². The predicted molar refractivity (Wildman–Crippen MR) is 117 cm³/mol. The van der Waals surface area contributed by atoms with Crippen molar-refractivity contribution in [2.45, 2.75) is 38.1 Å². The Morgan fingerprint density at radius 2 is 2.00 bits per heavy atom. The maximum atomic E-state index is 15.4. The molecule has 2 aromatic rings. The van der Waals surface area contributed by atoms with Crippen molar-refractivity contribution in [1.29, 1.82) is 0 Å². The van der Waals surface area contributed by atoms with Crippen LogP contribution in [0.4, 0.5) is 10.1 Å². The Morgan fingerprint density at radius 3 is 2.77 bits per heavy atom. The number of benzene rings is 2. The molecule has 0 unspecified atom stereocenters. The smallest absolute Gasteiger partial charge is 0.296 e. The van der Waals surface area contributed by atoms with Crippen LogP contribution in [0.5, 0.6) is 0 Å². The van der Waals surface area contributed by atoms with Gasteiger partial charge in [-0.05, 0) is 60.8 Å². The summed E-state index contributed by atoms with van der Waals surface area (Å²) >= 11 is 0. The number of piperidine rings is 1. The Bertz CT molecular complexity index is 1140. The average Bonchev–Trinajstić information content (AvgIpc) is 3.51. The van der Waals surface area contributed by atoms with Crippen LogP contribution >= 0.6 is 0 Å². The number of nitrogens with zero attached hydrogens (tertiary/aromatic N) is 1. The molecule has 0 spiro atoms. The zero-order valence-corrected chi connectivity index (χ0v) is 17.2. The zero-order chi connectivity index (χ0) is 21.5. The van der Waals surface area contributed by atoms with Crippen LogP contribution in [0.3, 0.4) is 0 Å². The van der Waals surface area contributed by atoms with Crippen molar-refractivity contribution in [2.75, 3.05) is 18.0 Å². The lowest BCUT2D eigenvalue weighted by Crippen LogP contribution is -2.48. The van der Waals surface area contributed by atoms with E-state index in [1.807, 2.05) is 29.2 Å². The molecule has 0 aromatic heterocycles. The van der Waals surface area contributed by atoms with Crippen molar-refractivity contribution >= 4 is 17.5 Å². The van der Waals surface area contributed by atoms with Gasteiger partial charge in [0.25, 0.3) is 5.91 Å². The molecular formula is C25H24FN3O2. The first-order chi connectivity index (χ1) is 15.0. The third-order valence-electron chi connectivity index (χ3n) is 6.32. The van der Waals surface area contributed by atoms with Gasteiger partial charge in [0, 0.05) is 36.2 Å². The molecule has 2 aromatic carbocycles. The second-order valence-electron chi connectivity index (χ2n) is 8.61. The normalized spacial score (nSPS) is 19.1. The van der Waals surface area contributed by atoms with E-state index in [1.54, 1.807) is 0 Å². The molecule has 1 heterocycles. The molecule has 1 aliphatic heterocycles. The molecule has 3 aliphatic rings. The van der Waals surface area contributed by atoms with Gasteiger partial charge in [0.05, 0.1) is 5.69 Å². The number of nitrogens with one attached hydrogen (secondary N) is 1. The highest BCUT2D eigenvalue weighted by atomic mass is 19.1. The minimum atomic E-state index is -0.618. The summed E-state index contributed by atoms with van der Waals surface area (Å²) in [6.07, 6.45) is 4.36. The topological polar surface area (TPSA) is 75.4 Å². The molecule has 1 atom stereocenters. The van der Waals surface area contributed by atoms with E-state index in [1.165, 1.54) is 6.07 Å². The van der Waals surface area contributed by atoms with Gasteiger partial charge in [-0.15, -0.1) is 0 Å². The van der Waals surface area contributed by atoms with Crippen LogP contribution in [0.2, 0.25) is 0 Å². The first-order valence-corrected chi connectivity index (χ1v) is 10.8. The molecule has 5 rings (SSSR count). The molecule has 1 saturated carbocycles. The molecule has 0 bridgehead atoms. The lowest BCUT2D eigenvalue weighted by atomic mass is 9.95. The first-order valence-electron chi connectivity index (χ1n) is 10.8.